The third-order valence-electron chi connectivity index (χ3n) is 2.33. The number of hydrogen-bond acceptors (Lipinski definition) is 4. The zero-order valence-corrected chi connectivity index (χ0v) is 11.3. The van der Waals surface area contributed by atoms with E-state index in [4.69, 9.17) is 4.74 Å². The van der Waals surface area contributed by atoms with Crippen molar-refractivity contribution in [2.24, 2.45) is 0 Å². The fourth-order valence-electron chi connectivity index (χ4n) is 1.41. The van der Waals surface area contributed by atoms with Crippen molar-refractivity contribution >= 4 is 21.6 Å². The highest BCUT2D eigenvalue weighted by Crippen LogP contribution is 2.29. The molecule has 0 fully saturated rings. The Kier molecular flexibility index (Phi) is 3.75. The molecule has 0 atom stereocenters. The van der Waals surface area contributed by atoms with E-state index in [0.717, 1.165) is 6.20 Å². The molecule has 0 saturated carbocycles. The van der Waals surface area contributed by atoms with E-state index in [1.54, 1.807) is 6.92 Å². The molecule has 1 heterocycles. The van der Waals surface area contributed by atoms with E-state index in [9.17, 15) is 14.5 Å². The highest BCUT2D eigenvalue weighted by atomic mass is 79.9. The first-order valence-electron chi connectivity index (χ1n) is 5.21. The number of nitro groups is 1. The minimum atomic E-state index is -0.552. The fraction of sp³-hybridized carbons (Fsp3) is 0.0833. The van der Waals surface area contributed by atoms with Crippen molar-refractivity contribution in [3.63, 3.8) is 0 Å². The number of aryl methyl sites for hydroxylation is 1. The first-order valence-corrected chi connectivity index (χ1v) is 6.00. The molecule has 0 amide bonds. The minimum absolute atomic E-state index is 0.00109. The third kappa shape index (κ3) is 3.05. The van der Waals surface area contributed by atoms with Crippen LogP contribution in [0.2, 0.25) is 0 Å². The molecule has 1 aromatic heterocycles. The van der Waals surface area contributed by atoms with Gasteiger partial charge in [-0.15, -0.1) is 0 Å². The van der Waals surface area contributed by atoms with Gasteiger partial charge in [0.05, 0.1) is 4.92 Å². The van der Waals surface area contributed by atoms with Crippen LogP contribution in [0.25, 0.3) is 0 Å². The summed E-state index contributed by atoms with van der Waals surface area (Å²) < 4.78 is 19.5. The molecule has 0 N–H and O–H groups in total. The Balaban J connectivity index is 2.33. The van der Waals surface area contributed by atoms with Gasteiger partial charge < -0.3 is 4.74 Å². The molecule has 0 aliphatic heterocycles. The third-order valence-corrected chi connectivity index (χ3v) is 2.82. The summed E-state index contributed by atoms with van der Waals surface area (Å²) in [7, 11) is 0. The lowest BCUT2D eigenvalue weighted by Gasteiger charge is -2.08. The number of pyridine rings is 1. The Hall–Kier alpha value is -2.02. The maximum Gasteiger partial charge on any atom is 0.288 e. The van der Waals surface area contributed by atoms with Gasteiger partial charge in [0.1, 0.15) is 6.20 Å². The summed E-state index contributed by atoms with van der Waals surface area (Å²) in [5.41, 5.74) is 0.313. The van der Waals surface area contributed by atoms with Gasteiger partial charge in [-0.05, 0) is 25.1 Å². The van der Waals surface area contributed by atoms with Crippen LogP contribution in [0.1, 0.15) is 5.56 Å². The first-order chi connectivity index (χ1) is 8.97. The summed E-state index contributed by atoms with van der Waals surface area (Å²) in [6.07, 6.45) is 1.07. The number of nitrogens with zero attached hydrogens (tertiary/aromatic N) is 2. The van der Waals surface area contributed by atoms with Gasteiger partial charge in [-0.1, -0.05) is 15.9 Å². The van der Waals surface area contributed by atoms with Gasteiger partial charge in [0.15, 0.2) is 11.6 Å². The number of halogens is 2. The highest BCUT2D eigenvalue weighted by molar-refractivity contribution is 9.10. The predicted molar refractivity (Wildman–Crippen MR) is 69.8 cm³/mol. The molecule has 0 spiro atoms. The largest absolute Gasteiger partial charge is 0.436 e. The van der Waals surface area contributed by atoms with Crippen molar-refractivity contribution in [2.45, 2.75) is 6.92 Å². The molecule has 0 bridgehead atoms. The molecule has 0 aliphatic carbocycles. The van der Waals surface area contributed by atoms with Gasteiger partial charge in [0.25, 0.3) is 5.69 Å². The quantitative estimate of drug-likeness (QED) is 0.631. The van der Waals surface area contributed by atoms with Gasteiger partial charge >= 0.3 is 0 Å². The fourth-order valence-corrected chi connectivity index (χ4v) is 1.75. The van der Waals surface area contributed by atoms with E-state index >= 15 is 0 Å². The van der Waals surface area contributed by atoms with E-state index in [2.05, 4.69) is 20.9 Å². The number of ether oxygens (including phenoxy) is 1. The van der Waals surface area contributed by atoms with Gasteiger partial charge in [0, 0.05) is 16.1 Å². The molecule has 0 saturated heterocycles. The highest BCUT2D eigenvalue weighted by Gasteiger charge is 2.13. The van der Waals surface area contributed by atoms with Gasteiger partial charge in [-0.3, -0.25) is 10.1 Å². The maximum atomic E-state index is 13.5. The zero-order chi connectivity index (χ0) is 14.0. The smallest absolute Gasteiger partial charge is 0.288 e. The Morgan fingerprint density at radius 1 is 1.42 bits per heavy atom. The summed E-state index contributed by atoms with van der Waals surface area (Å²) in [6, 6.07) is 5.56. The van der Waals surface area contributed by atoms with Crippen LogP contribution in [-0.4, -0.2) is 9.91 Å². The van der Waals surface area contributed by atoms with Gasteiger partial charge in [0.2, 0.25) is 5.88 Å². The molecule has 5 nitrogen and oxygen atoms in total. The number of benzene rings is 1. The van der Waals surface area contributed by atoms with E-state index < -0.39 is 10.7 Å². The van der Waals surface area contributed by atoms with E-state index in [1.165, 1.54) is 24.3 Å². The Morgan fingerprint density at radius 2 is 2.16 bits per heavy atom. The molecule has 19 heavy (non-hydrogen) atoms. The van der Waals surface area contributed by atoms with Crippen molar-refractivity contribution in [3.05, 3.63) is 56.4 Å². The van der Waals surface area contributed by atoms with Crippen LogP contribution in [0, 0.1) is 22.9 Å². The van der Waals surface area contributed by atoms with E-state index in [1.807, 2.05) is 0 Å². The lowest BCUT2D eigenvalue weighted by atomic mass is 10.3. The number of rotatable bonds is 3. The molecule has 7 heteroatoms. The Bertz CT molecular complexity index is 649. The lowest BCUT2D eigenvalue weighted by Crippen LogP contribution is -1.96. The average Bonchev–Trinajstić information content (AvgIpc) is 2.36. The van der Waals surface area contributed by atoms with Crippen LogP contribution in [-0.2, 0) is 0 Å². The molecular weight excluding hydrogens is 319 g/mol. The standard InChI is InChI=1S/C12H8BrFN2O3/c1-7-4-9(16(17)18)6-15-12(7)19-11-5-8(13)2-3-10(11)14/h2-6H,1H3. The normalized spacial score (nSPS) is 10.3. The SMILES string of the molecule is Cc1cc([N+](=O)[O-])cnc1Oc1cc(Br)ccc1F. The molecule has 2 rings (SSSR count). The molecule has 98 valence electrons. The van der Waals surface area contributed by atoms with E-state index in [0.29, 0.717) is 10.0 Å². The molecule has 0 aliphatic rings. The van der Waals surface area contributed by atoms with Crippen LogP contribution in [0.4, 0.5) is 10.1 Å². The summed E-state index contributed by atoms with van der Waals surface area (Å²) in [5, 5.41) is 10.6. The van der Waals surface area contributed by atoms with Crippen LogP contribution < -0.4 is 4.74 Å². The minimum Gasteiger partial charge on any atom is -0.436 e. The first kappa shape index (κ1) is 13.4. The van der Waals surface area contributed by atoms with Gasteiger partial charge in [-0.25, -0.2) is 9.37 Å². The number of aromatic nitrogens is 1. The second-order valence-corrected chi connectivity index (χ2v) is 4.67. The second-order valence-electron chi connectivity index (χ2n) is 3.75. The van der Waals surface area contributed by atoms with Crippen molar-refractivity contribution in [1.82, 2.24) is 4.98 Å². The summed E-state index contributed by atoms with van der Waals surface area (Å²) in [4.78, 5) is 13.8. The zero-order valence-electron chi connectivity index (χ0n) is 9.76. The maximum absolute atomic E-state index is 13.5. The van der Waals surface area contributed by atoms with Gasteiger partial charge in [-0.2, -0.15) is 0 Å². The number of hydrogen-bond donors (Lipinski definition) is 0. The molecule has 0 radical (unpaired) electrons. The Labute approximate surface area is 116 Å². The van der Waals surface area contributed by atoms with Crippen LogP contribution in [0.3, 0.4) is 0 Å². The summed E-state index contributed by atoms with van der Waals surface area (Å²) in [6.45, 7) is 1.60. The predicted octanol–water partition coefficient (Wildman–Crippen LogP) is 3.99. The lowest BCUT2D eigenvalue weighted by molar-refractivity contribution is -0.385. The van der Waals surface area contributed by atoms with E-state index in [-0.39, 0.29) is 17.3 Å². The Morgan fingerprint density at radius 3 is 2.79 bits per heavy atom. The molecule has 0 unspecified atom stereocenters. The van der Waals surface area contributed by atoms with Crippen molar-refractivity contribution in [1.29, 1.82) is 0 Å². The summed E-state index contributed by atoms with van der Waals surface area (Å²) in [5.74, 6) is -0.413. The monoisotopic (exact) mass is 326 g/mol. The molecule has 2 aromatic rings. The average molecular weight is 327 g/mol. The van der Waals surface area contributed by atoms with Crippen LogP contribution >= 0.6 is 15.9 Å². The molecule has 1 aromatic carbocycles. The second kappa shape index (κ2) is 5.31. The van der Waals surface area contributed by atoms with Crippen molar-refractivity contribution in [3.8, 4) is 11.6 Å². The molecular formula is C12H8BrFN2O3. The topological polar surface area (TPSA) is 65.3 Å². The summed E-state index contributed by atoms with van der Waals surface area (Å²) >= 11 is 3.20. The van der Waals surface area contributed by atoms with Crippen LogP contribution in [0.15, 0.2) is 34.9 Å². The van der Waals surface area contributed by atoms with Crippen molar-refractivity contribution in [2.75, 3.05) is 0 Å². The van der Waals surface area contributed by atoms with Crippen molar-refractivity contribution < 1.29 is 14.1 Å². The van der Waals surface area contributed by atoms with Crippen LogP contribution in [0.5, 0.6) is 11.6 Å².